The lowest BCUT2D eigenvalue weighted by atomic mass is 10.1. The highest BCUT2D eigenvalue weighted by atomic mass is 32.2. The van der Waals surface area contributed by atoms with Gasteiger partial charge >= 0.3 is 0 Å². The van der Waals surface area contributed by atoms with E-state index in [1.54, 1.807) is 18.2 Å². The maximum absolute atomic E-state index is 11.9. The molecule has 4 nitrogen and oxygen atoms in total. The van der Waals surface area contributed by atoms with Crippen LogP contribution in [0.3, 0.4) is 0 Å². The van der Waals surface area contributed by atoms with Gasteiger partial charge in [0.2, 0.25) is 9.84 Å². The summed E-state index contributed by atoms with van der Waals surface area (Å²) in [5, 5.41) is 0. The summed E-state index contributed by atoms with van der Waals surface area (Å²) in [7, 11) is -3.35. The zero-order valence-corrected chi connectivity index (χ0v) is 8.92. The van der Waals surface area contributed by atoms with Crippen LogP contribution in [-0.2, 0) is 16.4 Å². The quantitative estimate of drug-likeness (QED) is 0.753. The molecule has 0 aromatic heterocycles. The van der Waals surface area contributed by atoms with Gasteiger partial charge in [-0.15, -0.1) is 0 Å². The molecule has 0 atom stereocenters. The molecule has 0 saturated heterocycles. The summed E-state index contributed by atoms with van der Waals surface area (Å²) in [4.78, 5) is 0.587. The Kier molecular flexibility index (Phi) is 2.38. The summed E-state index contributed by atoms with van der Waals surface area (Å²) in [6.07, 6.45) is 1.62. The molecule has 80 valence electrons. The molecule has 4 N–H and O–H groups in total. The molecule has 0 saturated carbocycles. The van der Waals surface area contributed by atoms with Crippen molar-refractivity contribution in [3.8, 4) is 0 Å². The number of fused-ring (bicyclic) bond motifs is 1. The van der Waals surface area contributed by atoms with Crippen molar-refractivity contribution in [1.82, 2.24) is 0 Å². The molecule has 15 heavy (non-hydrogen) atoms. The second-order valence-electron chi connectivity index (χ2n) is 3.35. The molecule has 0 bridgehead atoms. The fourth-order valence-corrected chi connectivity index (χ4v) is 3.23. The summed E-state index contributed by atoms with van der Waals surface area (Å²) < 4.78 is 23.8. The normalized spacial score (nSPS) is 17.3. The molecule has 0 unspecified atom stereocenters. The zero-order valence-electron chi connectivity index (χ0n) is 8.10. The topological polar surface area (TPSA) is 86.2 Å². The number of nitrogens with two attached hydrogens (primary N) is 2. The van der Waals surface area contributed by atoms with Gasteiger partial charge in [-0.05, 0) is 23.3 Å². The van der Waals surface area contributed by atoms with E-state index < -0.39 is 9.84 Å². The molecule has 0 radical (unpaired) electrons. The van der Waals surface area contributed by atoms with Crippen molar-refractivity contribution in [2.45, 2.75) is 11.4 Å². The molecule has 2 rings (SSSR count). The van der Waals surface area contributed by atoms with Crippen molar-refractivity contribution in [3.05, 3.63) is 34.2 Å². The van der Waals surface area contributed by atoms with Crippen LogP contribution in [-0.4, -0.2) is 15.0 Å². The van der Waals surface area contributed by atoms with E-state index in [0.717, 1.165) is 5.56 Å². The first kappa shape index (κ1) is 10.4. The van der Waals surface area contributed by atoms with Gasteiger partial charge in [0.1, 0.15) is 0 Å². The van der Waals surface area contributed by atoms with Gasteiger partial charge in [-0.3, -0.25) is 0 Å². The van der Waals surface area contributed by atoms with Crippen molar-refractivity contribution < 1.29 is 8.42 Å². The SMILES string of the molecule is NCC1=Cc2c(CN)cccc2S1(=O)=O. The van der Waals surface area contributed by atoms with Crippen molar-refractivity contribution in [1.29, 1.82) is 0 Å². The van der Waals surface area contributed by atoms with Crippen LogP contribution >= 0.6 is 0 Å². The number of benzene rings is 1. The minimum atomic E-state index is -3.35. The molecule has 0 aliphatic carbocycles. The van der Waals surface area contributed by atoms with E-state index in [0.29, 0.717) is 17.0 Å². The minimum absolute atomic E-state index is 0.0288. The van der Waals surface area contributed by atoms with Crippen LogP contribution in [0, 0.1) is 0 Å². The summed E-state index contributed by atoms with van der Waals surface area (Å²) in [6.45, 7) is 0.355. The van der Waals surface area contributed by atoms with Crippen molar-refractivity contribution in [3.63, 3.8) is 0 Å². The van der Waals surface area contributed by atoms with Crippen LogP contribution in [0.15, 0.2) is 28.0 Å². The van der Waals surface area contributed by atoms with Crippen LogP contribution in [0.5, 0.6) is 0 Å². The van der Waals surface area contributed by atoms with Gasteiger partial charge < -0.3 is 11.5 Å². The first-order valence-corrected chi connectivity index (χ1v) is 6.07. The van der Waals surface area contributed by atoms with E-state index >= 15 is 0 Å². The van der Waals surface area contributed by atoms with Gasteiger partial charge in [0.15, 0.2) is 0 Å². The van der Waals surface area contributed by atoms with Crippen LogP contribution in [0.4, 0.5) is 0 Å². The predicted octanol–water partition coefficient (Wildman–Crippen LogP) is 0.232. The van der Waals surface area contributed by atoms with Crippen molar-refractivity contribution in [2.75, 3.05) is 6.54 Å². The molecule has 1 heterocycles. The maximum Gasteiger partial charge on any atom is 0.204 e. The highest BCUT2D eigenvalue weighted by molar-refractivity contribution is 7.95. The average molecular weight is 224 g/mol. The fraction of sp³-hybridized carbons (Fsp3) is 0.200. The van der Waals surface area contributed by atoms with Crippen LogP contribution < -0.4 is 11.5 Å². The number of hydrogen-bond acceptors (Lipinski definition) is 4. The second-order valence-corrected chi connectivity index (χ2v) is 5.32. The lowest BCUT2D eigenvalue weighted by Crippen LogP contribution is -2.10. The molecule has 0 spiro atoms. The molecule has 0 fully saturated rings. The maximum atomic E-state index is 11.9. The van der Waals surface area contributed by atoms with Gasteiger partial charge in [-0.25, -0.2) is 8.42 Å². The zero-order chi connectivity index (χ0) is 11.1. The summed E-state index contributed by atoms with van der Waals surface area (Å²) in [5.74, 6) is 0. The lowest BCUT2D eigenvalue weighted by molar-refractivity contribution is 0.602. The third kappa shape index (κ3) is 1.40. The van der Waals surface area contributed by atoms with Gasteiger partial charge in [-0.2, -0.15) is 0 Å². The van der Waals surface area contributed by atoms with E-state index in [9.17, 15) is 8.42 Å². The van der Waals surface area contributed by atoms with Gasteiger partial charge in [0.25, 0.3) is 0 Å². The molecule has 1 aromatic carbocycles. The van der Waals surface area contributed by atoms with E-state index in [-0.39, 0.29) is 11.4 Å². The highest BCUT2D eigenvalue weighted by Gasteiger charge is 2.29. The molecule has 1 aromatic rings. The Hall–Kier alpha value is -1.17. The molecule has 5 heteroatoms. The van der Waals surface area contributed by atoms with Gasteiger partial charge in [-0.1, -0.05) is 12.1 Å². The standard InChI is InChI=1S/C10H12N2O2S/c11-5-7-2-1-3-10-9(7)4-8(6-12)15(10,13)14/h1-4H,5-6,11-12H2. The molecule has 1 aliphatic heterocycles. The summed E-state index contributed by atoms with van der Waals surface area (Å²) in [6, 6.07) is 5.11. The molecule has 1 aliphatic rings. The van der Waals surface area contributed by atoms with E-state index in [2.05, 4.69) is 0 Å². The van der Waals surface area contributed by atoms with Crippen LogP contribution in [0.25, 0.3) is 6.08 Å². The van der Waals surface area contributed by atoms with Crippen molar-refractivity contribution >= 4 is 15.9 Å². The largest absolute Gasteiger partial charge is 0.326 e. The summed E-state index contributed by atoms with van der Waals surface area (Å²) >= 11 is 0. The molecular weight excluding hydrogens is 212 g/mol. The lowest BCUT2D eigenvalue weighted by Gasteiger charge is -2.03. The monoisotopic (exact) mass is 224 g/mol. The molecular formula is C10H12N2O2S. The van der Waals surface area contributed by atoms with E-state index in [4.69, 9.17) is 11.5 Å². The Morgan fingerprint density at radius 2 is 1.87 bits per heavy atom. The van der Waals surface area contributed by atoms with Crippen LogP contribution in [0.1, 0.15) is 11.1 Å². The Morgan fingerprint density at radius 3 is 2.47 bits per heavy atom. The number of rotatable bonds is 2. The summed E-state index contributed by atoms with van der Waals surface area (Å²) in [5.41, 5.74) is 12.5. The first-order valence-electron chi connectivity index (χ1n) is 4.59. The smallest absolute Gasteiger partial charge is 0.204 e. The van der Waals surface area contributed by atoms with Gasteiger partial charge in [0.05, 0.1) is 9.80 Å². The van der Waals surface area contributed by atoms with Crippen LogP contribution in [0.2, 0.25) is 0 Å². The Labute approximate surface area is 88.5 Å². The third-order valence-corrected chi connectivity index (χ3v) is 4.43. The Balaban J connectivity index is 2.73. The number of sulfone groups is 1. The predicted molar refractivity (Wildman–Crippen MR) is 58.6 cm³/mol. The fourth-order valence-electron chi connectivity index (χ4n) is 1.71. The Morgan fingerprint density at radius 1 is 1.13 bits per heavy atom. The highest BCUT2D eigenvalue weighted by Crippen LogP contribution is 2.33. The second kappa shape index (κ2) is 3.44. The molecule has 0 amide bonds. The van der Waals surface area contributed by atoms with Crippen molar-refractivity contribution in [2.24, 2.45) is 11.5 Å². The number of hydrogen-bond donors (Lipinski definition) is 2. The Bertz CT molecular complexity index is 532. The first-order chi connectivity index (χ1) is 7.11. The van der Waals surface area contributed by atoms with Gasteiger partial charge in [0, 0.05) is 13.1 Å². The minimum Gasteiger partial charge on any atom is -0.326 e. The van der Waals surface area contributed by atoms with E-state index in [1.165, 1.54) is 0 Å². The third-order valence-electron chi connectivity index (χ3n) is 2.52. The average Bonchev–Trinajstić information content (AvgIpc) is 2.50. The van der Waals surface area contributed by atoms with E-state index in [1.807, 2.05) is 6.07 Å².